The molecule has 0 aromatic carbocycles. The van der Waals surface area contributed by atoms with E-state index < -0.39 is 17.5 Å². The highest BCUT2D eigenvalue weighted by molar-refractivity contribution is 4.91. The topological polar surface area (TPSA) is 147 Å². The van der Waals surface area contributed by atoms with E-state index in [9.17, 15) is 5.11 Å². The van der Waals surface area contributed by atoms with Crippen molar-refractivity contribution in [3.05, 3.63) is 0 Å². The summed E-state index contributed by atoms with van der Waals surface area (Å²) in [6.45, 7) is 1.76. The van der Waals surface area contributed by atoms with Crippen molar-refractivity contribution >= 4 is 0 Å². The van der Waals surface area contributed by atoms with Crippen LogP contribution in [0, 0.1) is 0 Å². The van der Waals surface area contributed by atoms with Crippen molar-refractivity contribution in [2.75, 3.05) is 0 Å². The zero-order chi connectivity index (χ0) is 11.6. The van der Waals surface area contributed by atoms with Gasteiger partial charge in [-0.25, -0.2) is 0 Å². The van der Waals surface area contributed by atoms with Gasteiger partial charge in [-0.3, -0.25) is 5.73 Å². The Balaban J connectivity index is 4.69. The van der Waals surface area contributed by atoms with Gasteiger partial charge >= 0.3 is 5.97 Å². The smallest absolute Gasteiger partial charge is 0.337 e. The molecule has 0 bridgehead atoms. The van der Waals surface area contributed by atoms with Gasteiger partial charge in [0, 0.05) is 0 Å². The van der Waals surface area contributed by atoms with Crippen molar-refractivity contribution in [1.82, 2.24) is 0 Å². The maximum absolute atomic E-state index is 9.31. The molecule has 0 radical (unpaired) electrons. The Labute approximate surface area is 81.0 Å². The van der Waals surface area contributed by atoms with E-state index in [1.54, 1.807) is 6.92 Å². The van der Waals surface area contributed by atoms with E-state index in [0.29, 0.717) is 12.8 Å². The van der Waals surface area contributed by atoms with Gasteiger partial charge in [-0.2, -0.15) is 0 Å². The van der Waals surface area contributed by atoms with Crippen LogP contribution in [0.15, 0.2) is 0 Å². The summed E-state index contributed by atoms with van der Waals surface area (Å²) < 4.78 is 0. The summed E-state index contributed by atoms with van der Waals surface area (Å²) in [6, 6.07) is 0. The molecular weight excluding hydrogens is 194 g/mol. The third kappa shape index (κ3) is 2.61. The standard InChI is InChI=1S/C7H17NO6/c1-2-3-4-5(8,9)6(10,11)7(12,13)14/h9-14H,2-4,8H2,1H3. The van der Waals surface area contributed by atoms with Gasteiger partial charge in [0.05, 0.1) is 0 Å². The molecule has 0 aliphatic heterocycles. The Bertz CT molecular complexity index is 185. The van der Waals surface area contributed by atoms with E-state index in [1.165, 1.54) is 0 Å². The Morgan fingerprint density at radius 3 is 1.71 bits per heavy atom. The quantitative estimate of drug-likeness (QED) is 0.242. The Hall–Kier alpha value is -0.280. The first-order valence-electron chi connectivity index (χ1n) is 4.19. The molecule has 7 nitrogen and oxygen atoms in total. The lowest BCUT2D eigenvalue weighted by Crippen LogP contribution is -2.72. The molecule has 14 heavy (non-hydrogen) atoms. The molecule has 0 aliphatic rings. The minimum absolute atomic E-state index is 0.306. The molecule has 0 saturated heterocycles. The van der Waals surface area contributed by atoms with E-state index in [-0.39, 0.29) is 6.42 Å². The summed E-state index contributed by atoms with van der Waals surface area (Å²) >= 11 is 0. The van der Waals surface area contributed by atoms with Crippen molar-refractivity contribution in [1.29, 1.82) is 0 Å². The number of hydrogen-bond acceptors (Lipinski definition) is 7. The summed E-state index contributed by atoms with van der Waals surface area (Å²) in [5.41, 5.74) is 2.34. The van der Waals surface area contributed by atoms with Crippen LogP contribution < -0.4 is 5.73 Å². The van der Waals surface area contributed by atoms with E-state index in [4.69, 9.17) is 31.3 Å². The Morgan fingerprint density at radius 1 is 1.00 bits per heavy atom. The van der Waals surface area contributed by atoms with E-state index in [0.717, 1.165) is 0 Å². The minimum Gasteiger partial charge on any atom is -0.370 e. The van der Waals surface area contributed by atoms with Crippen LogP contribution in [0.4, 0.5) is 0 Å². The fraction of sp³-hybridized carbons (Fsp3) is 1.00. The Kier molecular flexibility index (Phi) is 3.99. The summed E-state index contributed by atoms with van der Waals surface area (Å²) in [6.07, 6.45) is 0.622. The van der Waals surface area contributed by atoms with Crippen molar-refractivity contribution in [3.8, 4) is 0 Å². The summed E-state index contributed by atoms with van der Waals surface area (Å²) in [4.78, 5) is 0. The van der Waals surface area contributed by atoms with Gasteiger partial charge in [-0.05, 0) is 12.8 Å². The maximum Gasteiger partial charge on any atom is 0.337 e. The van der Waals surface area contributed by atoms with Crippen LogP contribution in [0.2, 0.25) is 0 Å². The average molecular weight is 211 g/mol. The first-order chi connectivity index (χ1) is 6.06. The number of unbranched alkanes of at least 4 members (excludes halogenated alkanes) is 1. The van der Waals surface area contributed by atoms with Crippen LogP contribution in [-0.2, 0) is 0 Å². The SMILES string of the molecule is CCCCC(N)(O)C(O)(O)C(O)(O)O. The molecule has 0 rings (SSSR count). The second-order valence-electron chi connectivity index (χ2n) is 3.34. The molecule has 0 saturated carbocycles. The lowest BCUT2D eigenvalue weighted by molar-refractivity contribution is -0.481. The van der Waals surface area contributed by atoms with E-state index in [2.05, 4.69) is 0 Å². The lowest BCUT2D eigenvalue weighted by Gasteiger charge is -2.40. The van der Waals surface area contributed by atoms with Gasteiger partial charge in [0.15, 0.2) is 5.72 Å². The lowest BCUT2D eigenvalue weighted by atomic mass is 9.95. The van der Waals surface area contributed by atoms with E-state index in [1.807, 2.05) is 0 Å². The largest absolute Gasteiger partial charge is 0.370 e. The second kappa shape index (κ2) is 4.07. The highest BCUT2D eigenvalue weighted by Gasteiger charge is 2.59. The molecule has 7 heteroatoms. The molecule has 0 amide bonds. The van der Waals surface area contributed by atoms with Gasteiger partial charge in [0.2, 0.25) is 0 Å². The highest BCUT2D eigenvalue weighted by Crippen LogP contribution is 2.27. The number of nitrogens with two attached hydrogens (primary N) is 1. The number of rotatable bonds is 5. The predicted octanol–water partition coefficient (Wildman–Crippen LogP) is -2.86. The van der Waals surface area contributed by atoms with Crippen molar-refractivity contribution in [2.24, 2.45) is 5.73 Å². The molecule has 0 aromatic heterocycles. The summed E-state index contributed by atoms with van der Waals surface area (Å²) in [5.74, 6) is -7.50. The monoisotopic (exact) mass is 211 g/mol. The van der Waals surface area contributed by atoms with Gasteiger partial charge in [-0.1, -0.05) is 13.3 Å². The van der Waals surface area contributed by atoms with Gasteiger partial charge in [-0.15, -0.1) is 0 Å². The molecule has 0 fully saturated rings. The minimum atomic E-state index is -3.88. The van der Waals surface area contributed by atoms with Gasteiger partial charge in [0.1, 0.15) is 0 Å². The molecule has 0 heterocycles. The van der Waals surface area contributed by atoms with Crippen molar-refractivity contribution < 1.29 is 30.6 Å². The second-order valence-corrected chi connectivity index (χ2v) is 3.34. The first kappa shape index (κ1) is 13.7. The van der Waals surface area contributed by atoms with Crippen LogP contribution in [0.25, 0.3) is 0 Å². The maximum atomic E-state index is 9.31. The molecule has 0 aliphatic carbocycles. The number of aliphatic hydroxyl groups is 6. The van der Waals surface area contributed by atoms with Crippen LogP contribution >= 0.6 is 0 Å². The fourth-order valence-corrected chi connectivity index (χ4v) is 0.911. The van der Waals surface area contributed by atoms with Crippen molar-refractivity contribution in [3.63, 3.8) is 0 Å². The zero-order valence-corrected chi connectivity index (χ0v) is 7.88. The average Bonchev–Trinajstić information content (AvgIpc) is 1.98. The predicted molar refractivity (Wildman–Crippen MR) is 45.2 cm³/mol. The van der Waals surface area contributed by atoms with Crippen LogP contribution in [0.3, 0.4) is 0 Å². The molecule has 0 spiro atoms. The van der Waals surface area contributed by atoms with Gasteiger partial charge < -0.3 is 30.6 Å². The fourth-order valence-electron chi connectivity index (χ4n) is 0.911. The van der Waals surface area contributed by atoms with Crippen LogP contribution in [0.1, 0.15) is 26.2 Å². The molecule has 86 valence electrons. The summed E-state index contributed by atoms with van der Waals surface area (Å²) in [5, 5.41) is 53.0. The molecule has 0 aromatic rings. The van der Waals surface area contributed by atoms with Crippen LogP contribution in [-0.4, -0.2) is 48.1 Å². The van der Waals surface area contributed by atoms with Gasteiger partial charge in [0.25, 0.3) is 5.79 Å². The molecular formula is C7H17NO6. The first-order valence-corrected chi connectivity index (χ1v) is 4.19. The highest BCUT2D eigenvalue weighted by atomic mass is 16.7. The zero-order valence-electron chi connectivity index (χ0n) is 7.88. The van der Waals surface area contributed by atoms with Crippen molar-refractivity contribution in [2.45, 2.75) is 43.7 Å². The molecule has 8 N–H and O–H groups in total. The van der Waals surface area contributed by atoms with E-state index >= 15 is 0 Å². The molecule has 1 unspecified atom stereocenters. The normalized spacial score (nSPS) is 18.0. The molecule has 1 atom stereocenters. The van der Waals surface area contributed by atoms with Crippen LogP contribution in [0.5, 0.6) is 0 Å². The third-order valence-electron chi connectivity index (χ3n) is 1.98. The summed E-state index contributed by atoms with van der Waals surface area (Å²) in [7, 11) is 0. The Morgan fingerprint density at radius 2 is 1.43 bits per heavy atom. The third-order valence-corrected chi connectivity index (χ3v) is 1.98. The number of hydrogen-bond donors (Lipinski definition) is 7.